The van der Waals surface area contributed by atoms with Crippen molar-refractivity contribution in [2.45, 2.75) is 6.54 Å². The fourth-order valence-electron chi connectivity index (χ4n) is 2.55. The molecule has 2 aromatic carbocycles. The smallest absolute Gasteiger partial charge is 0.308 e. The number of rotatable bonds is 4. The number of hydrogen-bond donors (Lipinski definition) is 0. The molecule has 0 aliphatic rings. The van der Waals surface area contributed by atoms with Gasteiger partial charge in [0.05, 0.1) is 16.7 Å². The molecule has 4 heteroatoms. The fourth-order valence-corrected chi connectivity index (χ4v) is 2.55. The topological polar surface area (TPSA) is 30.2 Å². The van der Waals surface area contributed by atoms with Crippen LogP contribution in [0.25, 0.3) is 16.7 Å². The number of imidazole rings is 1. The van der Waals surface area contributed by atoms with E-state index in [0.29, 0.717) is 6.54 Å². The van der Waals surface area contributed by atoms with E-state index in [1.54, 1.807) is 4.57 Å². The highest BCUT2D eigenvalue weighted by atomic mass is 16.1. The van der Waals surface area contributed by atoms with Crippen molar-refractivity contribution in [1.29, 1.82) is 0 Å². The standard InChI is InChI=1S/C17H19N3O/c1-18(2)12-13-19-15-10-6-7-11-16(15)20(17(19)21)14-8-4-3-5-9-14/h3-11H,12-13H2,1-2H3. The summed E-state index contributed by atoms with van der Waals surface area (Å²) in [6.07, 6.45) is 0. The number of likely N-dealkylation sites (N-methyl/N-ethyl adjacent to an activating group) is 1. The van der Waals surface area contributed by atoms with E-state index in [-0.39, 0.29) is 5.69 Å². The molecule has 0 N–H and O–H groups in total. The largest absolute Gasteiger partial charge is 0.333 e. The summed E-state index contributed by atoms with van der Waals surface area (Å²) in [5.41, 5.74) is 2.85. The van der Waals surface area contributed by atoms with Gasteiger partial charge in [0.25, 0.3) is 0 Å². The maximum absolute atomic E-state index is 12.8. The van der Waals surface area contributed by atoms with Gasteiger partial charge in [0, 0.05) is 13.1 Å². The molecule has 0 aliphatic carbocycles. The zero-order chi connectivity index (χ0) is 14.8. The van der Waals surface area contributed by atoms with Crippen LogP contribution in [0.1, 0.15) is 0 Å². The highest BCUT2D eigenvalue weighted by molar-refractivity contribution is 5.78. The molecule has 0 saturated carbocycles. The molecule has 0 atom stereocenters. The highest BCUT2D eigenvalue weighted by Gasteiger charge is 2.13. The highest BCUT2D eigenvalue weighted by Crippen LogP contribution is 2.17. The fraction of sp³-hybridized carbons (Fsp3) is 0.235. The van der Waals surface area contributed by atoms with E-state index in [1.165, 1.54) is 0 Å². The lowest BCUT2D eigenvalue weighted by Crippen LogP contribution is -2.27. The van der Waals surface area contributed by atoms with Crippen LogP contribution in [0, 0.1) is 0 Å². The Morgan fingerprint density at radius 1 is 0.905 bits per heavy atom. The Kier molecular flexibility index (Phi) is 3.62. The Bertz CT molecular complexity index is 800. The van der Waals surface area contributed by atoms with Crippen molar-refractivity contribution in [2.75, 3.05) is 20.6 Å². The molecule has 0 radical (unpaired) electrons. The van der Waals surface area contributed by atoms with Crippen LogP contribution in [0.4, 0.5) is 0 Å². The molecule has 4 nitrogen and oxygen atoms in total. The summed E-state index contributed by atoms with van der Waals surface area (Å²) in [4.78, 5) is 14.9. The van der Waals surface area contributed by atoms with Gasteiger partial charge < -0.3 is 4.90 Å². The summed E-state index contributed by atoms with van der Waals surface area (Å²) in [5.74, 6) is 0. The lowest BCUT2D eigenvalue weighted by Gasteiger charge is -2.09. The lowest BCUT2D eigenvalue weighted by molar-refractivity contribution is 0.383. The lowest BCUT2D eigenvalue weighted by atomic mass is 10.3. The first kappa shape index (κ1) is 13.6. The molecule has 0 amide bonds. The summed E-state index contributed by atoms with van der Waals surface area (Å²) in [6, 6.07) is 17.7. The monoisotopic (exact) mass is 281 g/mol. The second kappa shape index (κ2) is 5.58. The number of para-hydroxylation sites is 3. The van der Waals surface area contributed by atoms with Crippen molar-refractivity contribution in [2.24, 2.45) is 0 Å². The predicted molar refractivity (Wildman–Crippen MR) is 86.1 cm³/mol. The molecule has 0 saturated heterocycles. The first-order chi connectivity index (χ1) is 10.2. The average Bonchev–Trinajstić information content (AvgIpc) is 2.78. The minimum absolute atomic E-state index is 0.0178. The summed E-state index contributed by atoms with van der Waals surface area (Å²) < 4.78 is 3.63. The number of nitrogens with zero attached hydrogens (tertiary/aromatic N) is 3. The third-order valence-electron chi connectivity index (χ3n) is 3.62. The molecular formula is C17H19N3O. The van der Waals surface area contributed by atoms with Crippen LogP contribution in [-0.2, 0) is 6.54 Å². The normalized spacial score (nSPS) is 11.4. The van der Waals surface area contributed by atoms with Crippen LogP contribution in [0.5, 0.6) is 0 Å². The molecule has 108 valence electrons. The average molecular weight is 281 g/mol. The molecule has 0 fully saturated rings. The first-order valence-corrected chi connectivity index (χ1v) is 7.09. The molecule has 0 unspecified atom stereocenters. The minimum atomic E-state index is 0.0178. The van der Waals surface area contributed by atoms with E-state index in [0.717, 1.165) is 23.3 Å². The third kappa shape index (κ3) is 2.50. The Hall–Kier alpha value is -2.33. The number of aromatic nitrogens is 2. The second-order valence-corrected chi connectivity index (χ2v) is 5.40. The van der Waals surface area contributed by atoms with Crippen LogP contribution in [0.3, 0.4) is 0 Å². The Morgan fingerprint density at radius 2 is 1.52 bits per heavy atom. The van der Waals surface area contributed by atoms with Gasteiger partial charge in [-0.2, -0.15) is 0 Å². The van der Waals surface area contributed by atoms with Gasteiger partial charge in [-0.3, -0.25) is 9.13 Å². The van der Waals surface area contributed by atoms with E-state index >= 15 is 0 Å². The van der Waals surface area contributed by atoms with E-state index in [2.05, 4.69) is 4.90 Å². The van der Waals surface area contributed by atoms with Crippen molar-refractivity contribution < 1.29 is 0 Å². The van der Waals surface area contributed by atoms with Crippen molar-refractivity contribution in [3.8, 4) is 5.69 Å². The molecule has 1 aromatic heterocycles. The van der Waals surface area contributed by atoms with E-state index in [1.807, 2.05) is 73.3 Å². The van der Waals surface area contributed by atoms with Gasteiger partial charge >= 0.3 is 5.69 Å². The van der Waals surface area contributed by atoms with Crippen LogP contribution in [-0.4, -0.2) is 34.7 Å². The van der Waals surface area contributed by atoms with Gasteiger partial charge in [-0.05, 0) is 38.4 Å². The molecule has 1 heterocycles. The van der Waals surface area contributed by atoms with Gasteiger partial charge in [0.15, 0.2) is 0 Å². The Balaban J connectivity index is 2.21. The predicted octanol–water partition coefficient (Wildman–Crippen LogP) is 2.35. The van der Waals surface area contributed by atoms with Crippen LogP contribution in [0.15, 0.2) is 59.4 Å². The quantitative estimate of drug-likeness (QED) is 0.735. The third-order valence-corrected chi connectivity index (χ3v) is 3.62. The van der Waals surface area contributed by atoms with Crippen molar-refractivity contribution in [3.63, 3.8) is 0 Å². The molecule has 0 bridgehead atoms. The van der Waals surface area contributed by atoms with Crippen molar-refractivity contribution in [3.05, 3.63) is 65.1 Å². The van der Waals surface area contributed by atoms with E-state index in [9.17, 15) is 4.79 Å². The van der Waals surface area contributed by atoms with Gasteiger partial charge in [0.1, 0.15) is 0 Å². The molecule has 3 aromatic rings. The van der Waals surface area contributed by atoms with Crippen LogP contribution in [0.2, 0.25) is 0 Å². The molecule has 0 spiro atoms. The SMILES string of the molecule is CN(C)CCn1c(=O)n(-c2ccccc2)c2ccccc21. The number of benzene rings is 2. The molecule has 0 aliphatic heterocycles. The Labute approximate surface area is 123 Å². The van der Waals surface area contributed by atoms with Crippen molar-refractivity contribution in [1.82, 2.24) is 14.0 Å². The molecule has 21 heavy (non-hydrogen) atoms. The van der Waals surface area contributed by atoms with Gasteiger partial charge in [-0.1, -0.05) is 30.3 Å². The summed E-state index contributed by atoms with van der Waals surface area (Å²) in [6.45, 7) is 1.52. The number of hydrogen-bond acceptors (Lipinski definition) is 2. The summed E-state index contributed by atoms with van der Waals surface area (Å²) >= 11 is 0. The van der Waals surface area contributed by atoms with E-state index in [4.69, 9.17) is 0 Å². The maximum atomic E-state index is 12.8. The van der Waals surface area contributed by atoms with Gasteiger partial charge in [0.2, 0.25) is 0 Å². The van der Waals surface area contributed by atoms with Gasteiger partial charge in [-0.15, -0.1) is 0 Å². The zero-order valence-corrected chi connectivity index (χ0v) is 12.4. The molecular weight excluding hydrogens is 262 g/mol. The number of fused-ring (bicyclic) bond motifs is 1. The van der Waals surface area contributed by atoms with Crippen LogP contribution >= 0.6 is 0 Å². The first-order valence-electron chi connectivity index (χ1n) is 7.09. The van der Waals surface area contributed by atoms with Crippen molar-refractivity contribution >= 4 is 11.0 Å². The summed E-state index contributed by atoms with van der Waals surface area (Å²) in [5, 5.41) is 0. The molecule has 3 rings (SSSR count). The maximum Gasteiger partial charge on any atom is 0.333 e. The Morgan fingerprint density at radius 3 is 2.19 bits per heavy atom. The second-order valence-electron chi connectivity index (χ2n) is 5.40. The van der Waals surface area contributed by atoms with Crippen LogP contribution < -0.4 is 5.69 Å². The summed E-state index contributed by atoms with van der Waals surface area (Å²) in [7, 11) is 4.03. The van der Waals surface area contributed by atoms with Gasteiger partial charge in [-0.25, -0.2) is 4.79 Å². The minimum Gasteiger partial charge on any atom is -0.308 e. The van der Waals surface area contributed by atoms with E-state index < -0.39 is 0 Å². The zero-order valence-electron chi connectivity index (χ0n) is 12.4.